The van der Waals surface area contributed by atoms with Crippen molar-refractivity contribution in [2.24, 2.45) is 0 Å². The molecule has 7 heteroatoms. The summed E-state index contributed by atoms with van der Waals surface area (Å²) in [6, 6.07) is 12.1. The van der Waals surface area contributed by atoms with Gasteiger partial charge >= 0.3 is 5.97 Å². The average Bonchev–Trinajstić information content (AvgIpc) is 2.77. The lowest BCUT2D eigenvalue weighted by Gasteiger charge is -2.27. The van der Waals surface area contributed by atoms with E-state index in [4.69, 9.17) is 37.4 Å². The predicted octanol–water partition coefficient (Wildman–Crippen LogP) is 7.05. The molecule has 0 bridgehead atoms. The van der Waals surface area contributed by atoms with Crippen molar-refractivity contribution < 1.29 is 19.0 Å². The summed E-state index contributed by atoms with van der Waals surface area (Å²) in [5.41, 5.74) is 3.10. The summed E-state index contributed by atoms with van der Waals surface area (Å²) < 4.78 is 16.8. The predicted molar refractivity (Wildman–Crippen MR) is 140 cm³/mol. The molecule has 0 saturated carbocycles. The van der Waals surface area contributed by atoms with E-state index in [-0.39, 0.29) is 17.9 Å². The Morgan fingerprint density at radius 3 is 2.33 bits per heavy atom. The van der Waals surface area contributed by atoms with Gasteiger partial charge in [-0.25, -0.2) is 0 Å². The van der Waals surface area contributed by atoms with Crippen molar-refractivity contribution >= 4 is 40.9 Å². The van der Waals surface area contributed by atoms with Gasteiger partial charge in [0, 0.05) is 12.3 Å². The van der Waals surface area contributed by atoms with E-state index in [1.165, 1.54) is 12.5 Å². The van der Waals surface area contributed by atoms with Crippen molar-refractivity contribution in [3.05, 3.63) is 58.1 Å². The highest BCUT2D eigenvalue weighted by atomic mass is 35.5. The van der Waals surface area contributed by atoms with Crippen LogP contribution < -0.4 is 9.47 Å². The van der Waals surface area contributed by atoms with Crippen LogP contribution >= 0.6 is 35.0 Å². The van der Waals surface area contributed by atoms with Crippen molar-refractivity contribution in [1.82, 2.24) is 0 Å². The monoisotopic (exact) mass is 512 g/mol. The van der Waals surface area contributed by atoms with Gasteiger partial charge in [0.05, 0.1) is 17.5 Å². The van der Waals surface area contributed by atoms with Crippen LogP contribution in [-0.4, -0.2) is 42.7 Å². The molecule has 0 saturated heterocycles. The molecule has 0 radical (unpaired) electrons. The Labute approximate surface area is 212 Å². The van der Waals surface area contributed by atoms with Crippen molar-refractivity contribution in [1.29, 1.82) is 0 Å². The molecule has 0 aliphatic rings. The fourth-order valence-electron chi connectivity index (χ4n) is 3.39. The van der Waals surface area contributed by atoms with Crippen LogP contribution in [0.1, 0.15) is 50.8 Å². The highest BCUT2D eigenvalue weighted by molar-refractivity contribution is 7.99. The van der Waals surface area contributed by atoms with Crippen LogP contribution in [0.15, 0.2) is 36.4 Å². The molecule has 0 unspecified atom stereocenters. The smallest absolute Gasteiger partial charge is 0.303 e. The molecule has 33 heavy (non-hydrogen) atoms. The van der Waals surface area contributed by atoms with E-state index in [2.05, 4.69) is 45.9 Å². The van der Waals surface area contributed by atoms with Crippen molar-refractivity contribution in [3.8, 4) is 11.5 Å². The van der Waals surface area contributed by atoms with Gasteiger partial charge in [0.1, 0.15) is 24.2 Å². The SMILES string of the molecule is CCSCCCOc1ccc(C(C)(C)c2ccc(OC[C@H](CCl)OC(C)=O)c(Cl)c2)cc1C. The number of ether oxygens (including phenoxy) is 3. The Hall–Kier alpha value is -1.56. The number of alkyl halides is 1. The van der Waals surface area contributed by atoms with E-state index in [0.717, 1.165) is 41.4 Å². The zero-order valence-electron chi connectivity index (χ0n) is 20.1. The number of carbonyl (C=O) groups excluding carboxylic acids is 1. The van der Waals surface area contributed by atoms with E-state index in [0.29, 0.717) is 10.8 Å². The summed E-state index contributed by atoms with van der Waals surface area (Å²) in [7, 11) is 0. The lowest BCUT2D eigenvalue weighted by molar-refractivity contribution is -0.146. The molecular formula is C26H34Cl2O4S. The first kappa shape index (κ1) is 27.7. The van der Waals surface area contributed by atoms with Crippen LogP contribution in [0, 0.1) is 6.92 Å². The second kappa shape index (κ2) is 13.4. The minimum absolute atomic E-state index is 0.142. The second-order valence-electron chi connectivity index (χ2n) is 8.35. The van der Waals surface area contributed by atoms with Crippen molar-refractivity contribution in [3.63, 3.8) is 0 Å². The Morgan fingerprint density at radius 2 is 1.76 bits per heavy atom. The summed E-state index contributed by atoms with van der Waals surface area (Å²) in [5.74, 6) is 3.48. The van der Waals surface area contributed by atoms with Crippen LogP contribution in [0.3, 0.4) is 0 Å². The number of thioether (sulfide) groups is 1. The maximum atomic E-state index is 11.1. The minimum Gasteiger partial charge on any atom is -0.493 e. The fraction of sp³-hybridized carbons (Fsp3) is 0.500. The average molecular weight is 514 g/mol. The summed E-state index contributed by atoms with van der Waals surface area (Å²) in [4.78, 5) is 11.1. The Bertz CT molecular complexity index is 917. The molecule has 2 aromatic carbocycles. The van der Waals surface area contributed by atoms with Crippen LogP contribution in [0.4, 0.5) is 0 Å². The maximum Gasteiger partial charge on any atom is 0.303 e. The summed E-state index contributed by atoms with van der Waals surface area (Å²) in [6.45, 7) is 10.8. The number of hydrogen-bond acceptors (Lipinski definition) is 5. The van der Waals surface area contributed by atoms with Gasteiger partial charge in [-0.2, -0.15) is 11.8 Å². The van der Waals surface area contributed by atoms with Gasteiger partial charge in [0.15, 0.2) is 0 Å². The molecule has 4 nitrogen and oxygen atoms in total. The van der Waals surface area contributed by atoms with E-state index in [1.807, 2.05) is 30.0 Å². The van der Waals surface area contributed by atoms with Crippen LogP contribution in [0.2, 0.25) is 5.02 Å². The summed E-state index contributed by atoms with van der Waals surface area (Å²) in [6.07, 6.45) is 0.524. The molecule has 0 fully saturated rings. The van der Waals surface area contributed by atoms with Gasteiger partial charge in [-0.05, 0) is 59.7 Å². The van der Waals surface area contributed by atoms with Crippen molar-refractivity contribution in [2.45, 2.75) is 52.6 Å². The number of benzene rings is 2. The highest BCUT2D eigenvalue weighted by Crippen LogP contribution is 2.37. The number of aryl methyl sites for hydroxylation is 1. The number of carbonyl (C=O) groups is 1. The Morgan fingerprint density at radius 1 is 1.09 bits per heavy atom. The van der Waals surface area contributed by atoms with Crippen LogP contribution in [-0.2, 0) is 14.9 Å². The first-order valence-corrected chi connectivity index (χ1v) is 13.2. The summed E-state index contributed by atoms with van der Waals surface area (Å²) >= 11 is 14.3. The van der Waals surface area contributed by atoms with Gasteiger partial charge in [0.2, 0.25) is 0 Å². The molecule has 0 N–H and O–H groups in total. The third-order valence-electron chi connectivity index (χ3n) is 5.37. The molecule has 2 rings (SSSR count). The maximum absolute atomic E-state index is 11.1. The summed E-state index contributed by atoms with van der Waals surface area (Å²) in [5, 5.41) is 0.498. The largest absolute Gasteiger partial charge is 0.493 e. The molecule has 0 spiro atoms. The highest BCUT2D eigenvalue weighted by Gasteiger charge is 2.25. The zero-order chi connectivity index (χ0) is 24.4. The molecular weight excluding hydrogens is 479 g/mol. The fourth-order valence-corrected chi connectivity index (χ4v) is 4.39. The molecule has 0 amide bonds. The molecule has 2 aromatic rings. The Kier molecular flexibility index (Phi) is 11.2. The van der Waals surface area contributed by atoms with Crippen molar-refractivity contribution in [2.75, 3.05) is 30.6 Å². The van der Waals surface area contributed by atoms with Gasteiger partial charge in [-0.3, -0.25) is 4.79 Å². The molecule has 182 valence electrons. The first-order valence-electron chi connectivity index (χ1n) is 11.2. The number of hydrogen-bond donors (Lipinski definition) is 0. The lowest BCUT2D eigenvalue weighted by atomic mass is 9.77. The normalized spacial score (nSPS) is 12.3. The second-order valence-corrected chi connectivity index (χ2v) is 10.5. The van der Waals surface area contributed by atoms with Gasteiger partial charge in [0.25, 0.3) is 0 Å². The number of esters is 1. The van der Waals surface area contributed by atoms with E-state index < -0.39 is 12.1 Å². The molecule has 0 aromatic heterocycles. The molecule has 1 atom stereocenters. The molecule has 0 aliphatic heterocycles. The van der Waals surface area contributed by atoms with Crippen LogP contribution in [0.25, 0.3) is 0 Å². The lowest BCUT2D eigenvalue weighted by Crippen LogP contribution is -2.25. The molecule has 0 heterocycles. The minimum atomic E-state index is -0.523. The van der Waals surface area contributed by atoms with Gasteiger partial charge in [-0.1, -0.05) is 50.6 Å². The third-order valence-corrected chi connectivity index (χ3v) is 7.00. The van der Waals surface area contributed by atoms with E-state index in [9.17, 15) is 4.79 Å². The third kappa shape index (κ3) is 8.31. The van der Waals surface area contributed by atoms with E-state index >= 15 is 0 Å². The topological polar surface area (TPSA) is 44.8 Å². The van der Waals surface area contributed by atoms with E-state index in [1.54, 1.807) is 0 Å². The van der Waals surface area contributed by atoms with Gasteiger partial charge in [-0.15, -0.1) is 11.6 Å². The standard InChI is InChI=1S/C26H34Cl2O4S/c1-6-33-13-7-12-30-24-10-8-20(14-18(24)2)26(4,5)21-9-11-25(23(28)15-21)31-17-22(16-27)32-19(3)29/h8-11,14-15,22H,6-7,12-13,16-17H2,1-5H3/t22-/m0/s1. The zero-order valence-corrected chi connectivity index (χ0v) is 22.4. The Balaban J connectivity index is 2.08. The van der Waals surface area contributed by atoms with Crippen LogP contribution in [0.5, 0.6) is 11.5 Å². The number of rotatable bonds is 13. The number of halogens is 2. The quantitative estimate of drug-likeness (QED) is 0.163. The van der Waals surface area contributed by atoms with Gasteiger partial charge < -0.3 is 14.2 Å². The first-order chi connectivity index (χ1) is 15.7. The molecule has 0 aliphatic carbocycles.